The van der Waals surface area contributed by atoms with Gasteiger partial charge in [-0.15, -0.1) is 0 Å². The zero-order chi connectivity index (χ0) is 18.8. The van der Waals surface area contributed by atoms with Crippen LogP contribution in [0.25, 0.3) is 0 Å². The molecule has 0 radical (unpaired) electrons. The van der Waals surface area contributed by atoms with Gasteiger partial charge in [-0.1, -0.05) is 65.2 Å². The van der Waals surface area contributed by atoms with E-state index in [0.717, 1.165) is 11.7 Å². The molecule has 4 rings (SSSR count). The molecule has 3 saturated carbocycles. The molecule has 152 valence electrons. The van der Waals surface area contributed by atoms with Crippen LogP contribution in [0.3, 0.4) is 0 Å². The molecule has 0 unspecified atom stereocenters. The second-order valence-electron chi connectivity index (χ2n) is 10.3. The number of hydrogen-bond donors (Lipinski definition) is 1. The van der Waals surface area contributed by atoms with Crippen LogP contribution < -0.4 is 0 Å². The van der Waals surface area contributed by atoms with Crippen molar-refractivity contribution < 1.29 is 9.47 Å². The Bertz CT molecular complexity index is 461. The van der Waals surface area contributed by atoms with E-state index in [1.807, 2.05) is 0 Å². The van der Waals surface area contributed by atoms with Crippen molar-refractivity contribution in [3.8, 4) is 0 Å². The minimum absolute atomic E-state index is 0.00534. The maximum Gasteiger partial charge on any atom is 0.164 e. The molecular formula is C23H42O2S. The predicted octanol–water partition coefficient (Wildman–Crippen LogP) is 6.77. The van der Waals surface area contributed by atoms with Crippen LogP contribution in [0.4, 0.5) is 0 Å². The average Bonchev–Trinajstić information content (AvgIpc) is 2.86. The molecule has 1 heterocycles. The number of hydrogen-bond acceptors (Lipinski definition) is 3. The first kappa shape index (κ1) is 21.0. The molecule has 4 aliphatic rings. The highest BCUT2D eigenvalue weighted by atomic mass is 32.1. The molecule has 0 aromatic rings. The lowest BCUT2D eigenvalue weighted by atomic mass is 9.42. The van der Waals surface area contributed by atoms with Gasteiger partial charge in [-0.2, -0.15) is 12.6 Å². The molecular weight excluding hydrogens is 340 g/mol. The summed E-state index contributed by atoms with van der Waals surface area (Å²) in [6.07, 6.45) is 16.4. The van der Waals surface area contributed by atoms with E-state index in [1.165, 1.54) is 77.0 Å². The van der Waals surface area contributed by atoms with E-state index in [-0.39, 0.29) is 5.60 Å². The summed E-state index contributed by atoms with van der Waals surface area (Å²) < 4.78 is 13.0. The van der Waals surface area contributed by atoms with Gasteiger partial charge in [0.1, 0.15) is 5.60 Å². The largest absolute Gasteiger partial charge is 0.344 e. The van der Waals surface area contributed by atoms with Crippen LogP contribution in [0.1, 0.15) is 105 Å². The lowest BCUT2D eigenvalue weighted by molar-refractivity contribution is -0.232. The van der Waals surface area contributed by atoms with Gasteiger partial charge in [0.25, 0.3) is 0 Å². The Hall–Kier alpha value is 0.270. The fraction of sp³-hybridized carbons (Fsp3) is 1.00. The fourth-order valence-corrected chi connectivity index (χ4v) is 6.40. The highest BCUT2D eigenvalue weighted by molar-refractivity contribution is 7.80. The molecule has 1 saturated heterocycles. The Morgan fingerprint density at radius 1 is 0.808 bits per heavy atom. The molecule has 2 bridgehead atoms. The summed E-state index contributed by atoms with van der Waals surface area (Å²) in [7, 11) is 0. The van der Waals surface area contributed by atoms with Crippen molar-refractivity contribution in [2.75, 3.05) is 5.75 Å². The standard InChI is InChI=1S/C23H42O2S/c1-21(2)18-16-19(21)23(20(17-18)24-22(3,4)25-23)14-12-10-8-6-5-7-9-11-13-15-26/h18-20,26H,5-17H2,1-4H3/t18-,19-,20+,23-/m1/s1. The maximum absolute atomic E-state index is 6.68. The molecule has 4 atom stereocenters. The van der Waals surface area contributed by atoms with Crippen LogP contribution in [-0.2, 0) is 9.47 Å². The van der Waals surface area contributed by atoms with Crippen LogP contribution in [0.15, 0.2) is 0 Å². The van der Waals surface area contributed by atoms with Crippen molar-refractivity contribution in [1.82, 2.24) is 0 Å². The third-order valence-electron chi connectivity index (χ3n) is 7.69. The molecule has 0 aromatic carbocycles. The van der Waals surface area contributed by atoms with Crippen molar-refractivity contribution in [1.29, 1.82) is 0 Å². The van der Waals surface area contributed by atoms with Crippen LogP contribution in [-0.4, -0.2) is 23.2 Å². The highest BCUT2D eigenvalue weighted by Crippen LogP contribution is 2.68. The van der Waals surface area contributed by atoms with E-state index in [1.54, 1.807) is 0 Å². The molecule has 0 aromatic heterocycles. The van der Waals surface area contributed by atoms with Crippen molar-refractivity contribution in [3.63, 3.8) is 0 Å². The average molecular weight is 383 g/mol. The van der Waals surface area contributed by atoms with Crippen LogP contribution in [0.2, 0.25) is 0 Å². The van der Waals surface area contributed by atoms with Crippen molar-refractivity contribution >= 4 is 12.6 Å². The lowest BCUT2D eigenvalue weighted by Crippen LogP contribution is -2.66. The Labute approximate surface area is 167 Å². The monoisotopic (exact) mass is 382 g/mol. The molecule has 1 aliphatic heterocycles. The molecule has 0 amide bonds. The van der Waals surface area contributed by atoms with E-state index >= 15 is 0 Å². The summed E-state index contributed by atoms with van der Waals surface area (Å²) in [5.41, 5.74) is 0.432. The quantitative estimate of drug-likeness (QED) is 0.314. The molecule has 3 aliphatic carbocycles. The smallest absolute Gasteiger partial charge is 0.164 e. The van der Waals surface area contributed by atoms with E-state index in [2.05, 4.69) is 40.3 Å². The zero-order valence-electron chi connectivity index (χ0n) is 17.7. The summed E-state index contributed by atoms with van der Waals surface area (Å²) in [4.78, 5) is 0. The molecule has 26 heavy (non-hydrogen) atoms. The third-order valence-corrected chi connectivity index (χ3v) is 8.01. The maximum atomic E-state index is 6.68. The van der Waals surface area contributed by atoms with E-state index in [4.69, 9.17) is 9.47 Å². The highest BCUT2D eigenvalue weighted by Gasteiger charge is 2.70. The Morgan fingerprint density at radius 2 is 1.38 bits per heavy atom. The summed E-state index contributed by atoms with van der Waals surface area (Å²) in [6.45, 7) is 9.16. The van der Waals surface area contributed by atoms with Crippen molar-refractivity contribution in [2.45, 2.75) is 122 Å². The van der Waals surface area contributed by atoms with Gasteiger partial charge in [0.15, 0.2) is 5.79 Å². The molecule has 0 N–H and O–H groups in total. The normalized spacial score (nSPS) is 36.6. The Morgan fingerprint density at radius 3 is 1.96 bits per heavy atom. The molecule has 4 fully saturated rings. The SMILES string of the molecule is CC1(C)O[C@H]2C[C@H]3C[C@H](C3(C)C)[C@@]2(CCCCCCCCCCCS)O1. The summed E-state index contributed by atoms with van der Waals surface area (Å²) >= 11 is 4.28. The van der Waals surface area contributed by atoms with Gasteiger partial charge >= 0.3 is 0 Å². The van der Waals surface area contributed by atoms with Gasteiger partial charge in [-0.05, 0) is 62.5 Å². The van der Waals surface area contributed by atoms with Crippen molar-refractivity contribution in [3.05, 3.63) is 0 Å². The Kier molecular flexibility index (Phi) is 6.73. The topological polar surface area (TPSA) is 18.5 Å². The van der Waals surface area contributed by atoms with Crippen LogP contribution in [0.5, 0.6) is 0 Å². The molecule has 0 spiro atoms. The summed E-state index contributed by atoms with van der Waals surface area (Å²) in [5, 5.41) is 0. The number of ether oxygens (including phenoxy) is 2. The second-order valence-corrected chi connectivity index (χ2v) is 10.7. The van der Waals surface area contributed by atoms with Crippen LogP contribution >= 0.6 is 12.6 Å². The first-order chi connectivity index (χ1) is 12.3. The molecule has 3 heteroatoms. The second kappa shape index (κ2) is 8.33. The van der Waals surface area contributed by atoms with E-state index < -0.39 is 5.79 Å². The third kappa shape index (κ3) is 4.15. The number of thiol groups is 1. The number of unbranched alkanes of at least 4 members (excludes halogenated alkanes) is 8. The van der Waals surface area contributed by atoms with Gasteiger partial charge in [0.2, 0.25) is 0 Å². The van der Waals surface area contributed by atoms with Gasteiger partial charge in [-0.25, -0.2) is 0 Å². The first-order valence-corrected chi connectivity index (χ1v) is 11.9. The first-order valence-electron chi connectivity index (χ1n) is 11.3. The summed E-state index contributed by atoms with van der Waals surface area (Å²) in [5.74, 6) is 2.17. The minimum Gasteiger partial charge on any atom is -0.344 e. The van der Waals surface area contributed by atoms with Crippen LogP contribution in [0, 0.1) is 17.3 Å². The van der Waals surface area contributed by atoms with E-state index in [0.29, 0.717) is 17.4 Å². The predicted molar refractivity (Wildman–Crippen MR) is 113 cm³/mol. The Balaban J connectivity index is 1.41. The zero-order valence-corrected chi connectivity index (χ0v) is 18.6. The minimum atomic E-state index is -0.398. The number of rotatable bonds is 11. The molecule has 2 nitrogen and oxygen atoms in total. The van der Waals surface area contributed by atoms with E-state index in [9.17, 15) is 0 Å². The fourth-order valence-electron chi connectivity index (χ4n) is 6.17. The van der Waals surface area contributed by atoms with Gasteiger partial charge in [0, 0.05) is 0 Å². The lowest BCUT2D eigenvalue weighted by Gasteiger charge is -2.65. The van der Waals surface area contributed by atoms with Gasteiger partial charge in [-0.3, -0.25) is 0 Å². The van der Waals surface area contributed by atoms with Gasteiger partial charge in [0.05, 0.1) is 6.10 Å². The summed E-state index contributed by atoms with van der Waals surface area (Å²) in [6, 6.07) is 0. The van der Waals surface area contributed by atoms with Gasteiger partial charge < -0.3 is 9.47 Å². The van der Waals surface area contributed by atoms with Crippen molar-refractivity contribution in [2.24, 2.45) is 17.3 Å².